The number of hydroxylamine groups is 1. The average molecular weight is 332 g/mol. The number of carbonyl (C=O) groups is 2. The second kappa shape index (κ2) is 8.49. The molecule has 1 aromatic carbocycles. The third kappa shape index (κ3) is 4.83. The summed E-state index contributed by atoms with van der Waals surface area (Å²) >= 11 is 0. The van der Waals surface area contributed by atoms with Crippen LogP contribution in [0.25, 0.3) is 6.08 Å². The van der Waals surface area contributed by atoms with Crippen molar-refractivity contribution in [3.8, 4) is 5.75 Å². The van der Waals surface area contributed by atoms with Crippen LogP contribution >= 0.6 is 0 Å². The molecule has 0 aliphatic carbocycles. The highest BCUT2D eigenvalue weighted by molar-refractivity contribution is 5.91. The van der Waals surface area contributed by atoms with Crippen molar-refractivity contribution in [2.24, 2.45) is 5.92 Å². The number of benzene rings is 1. The Morgan fingerprint density at radius 1 is 1.38 bits per heavy atom. The van der Waals surface area contributed by atoms with Crippen LogP contribution in [0, 0.1) is 5.92 Å². The van der Waals surface area contributed by atoms with Crippen LogP contribution < -0.4 is 10.2 Å². The minimum Gasteiger partial charge on any atom is -0.488 e. The molecule has 0 radical (unpaired) electrons. The van der Waals surface area contributed by atoms with E-state index in [1.165, 1.54) is 6.08 Å². The van der Waals surface area contributed by atoms with E-state index in [1.54, 1.807) is 11.6 Å². The molecule has 6 heteroatoms. The predicted octanol–water partition coefficient (Wildman–Crippen LogP) is 2.23. The van der Waals surface area contributed by atoms with Gasteiger partial charge in [0.25, 0.3) is 5.91 Å². The molecule has 0 bridgehead atoms. The summed E-state index contributed by atoms with van der Waals surface area (Å²) in [6.45, 7) is 5.15. The van der Waals surface area contributed by atoms with Crippen molar-refractivity contribution >= 4 is 17.9 Å². The summed E-state index contributed by atoms with van der Waals surface area (Å²) in [5.41, 5.74) is 2.30. The number of rotatable bonds is 5. The lowest BCUT2D eigenvalue weighted by molar-refractivity contribution is -0.137. The molecule has 1 aromatic rings. The Labute approximate surface area is 142 Å². The van der Waals surface area contributed by atoms with Crippen LogP contribution in [0.3, 0.4) is 0 Å². The quantitative estimate of drug-likeness (QED) is 0.492. The van der Waals surface area contributed by atoms with Gasteiger partial charge in [-0.1, -0.05) is 32.0 Å². The number of hydrogen-bond donors (Lipinski definition) is 2. The summed E-state index contributed by atoms with van der Waals surface area (Å²) in [4.78, 5) is 25.2. The van der Waals surface area contributed by atoms with Crippen molar-refractivity contribution in [3.05, 3.63) is 35.9 Å². The Kier molecular flexibility index (Phi) is 6.37. The van der Waals surface area contributed by atoms with Crippen molar-refractivity contribution in [1.82, 2.24) is 10.4 Å². The Hall–Kier alpha value is -2.34. The molecular weight excluding hydrogens is 308 g/mol. The van der Waals surface area contributed by atoms with Gasteiger partial charge in [-0.15, -0.1) is 0 Å². The molecule has 2 rings (SSSR count). The highest BCUT2D eigenvalue weighted by Crippen LogP contribution is 2.24. The van der Waals surface area contributed by atoms with E-state index in [1.807, 2.05) is 43.0 Å². The first kappa shape index (κ1) is 18.0. The lowest BCUT2D eigenvalue weighted by Crippen LogP contribution is -2.45. The lowest BCUT2D eigenvalue weighted by Gasteiger charge is -2.34. The molecule has 2 amide bonds. The van der Waals surface area contributed by atoms with E-state index in [4.69, 9.17) is 9.94 Å². The first-order chi connectivity index (χ1) is 11.5. The molecule has 1 unspecified atom stereocenters. The minimum atomic E-state index is -0.601. The van der Waals surface area contributed by atoms with E-state index in [0.717, 1.165) is 24.9 Å². The predicted molar refractivity (Wildman–Crippen MR) is 90.5 cm³/mol. The molecule has 0 aromatic heterocycles. The van der Waals surface area contributed by atoms with Gasteiger partial charge in [0.15, 0.2) is 0 Å². The molecule has 6 nitrogen and oxygen atoms in total. The molecule has 1 fully saturated rings. The Balaban J connectivity index is 2.06. The van der Waals surface area contributed by atoms with E-state index in [-0.39, 0.29) is 17.9 Å². The molecule has 1 saturated heterocycles. The zero-order valence-electron chi connectivity index (χ0n) is 14.1. The van der Waals surface area contributed by atoms with Gasteiger partial charge in [0.2, 0.25) is 5.91 Å². The number of likely N-dealkylation sites (tertiary alicyclic amines) is 1. The van der Waals surface area contributed by atoms with Crippen LogP contribution in [-0.4, -0.2) is 41.1 Å². The summed E-state index contributed by atoms with van der Waals surface area (Å²) < 4.78 is 6.07. The number of piperidine rings is 1. The summed E-state index contributed by atoms with van der Waals surface area (Å²) in [5.74, 6) is 0.187. The molecule has 1 atom stereocenters. The molecule has 2 N–H and O–H groups in total. The van der Waals surface area contributed by atoms with E-state index in [0.29, 0.717) is 12.3 Å². The number of nitrogens with one attached hydrogen (secondary N) is 1. The summed E-state index contributed by atoms with van der Waals surface area (Å²) in [7, 11) is 0. The largest absolute Gasteiger partial charge is 0.488 e. The molecule has 1 heterocycles. The zero-order chi connectivity index (χ0) is 17.5. The highest BCUT2D eigenvalue weighted by atomic mass is 16.5. The minimum absolute atomic E-state index is 0.0176. The monoisotopic (exact) mass is 332 g/mol. The van der Waals surface area contributed by atoms with E-state index in [9.17, 15) is 9.59 Å². The molecule has 0 saturated carbocycles. The number of nitrogens with zero attached hydrogens (tertiary/aromatic N) is 1. The first-order valence-electron chi connectivity index (χ1n) is 8.18. The van der Waals surface area contributed by atoms with Crippen LogP contribution in [0.4, 0.5) is 0 Å². The SMILES string of the molecule is CC(C)C(=O)N1CCCC(Oc2ccccc2C=CC(=O)NO)C1. The van der Waals surface area contributed by atoms with Gasteiger partial charge in [-0.05, 0) is 25.0 Å². The maximum atomic E-state index is 12.2. The molecule has 130 valence electrons. The maximum Gasteiger partial charge on any atom is 0.267 e. The van der Waals surface area contributed by atoms with E-state index in [2.05, 4.69) is 0 Å². The Morgan fingerprint density at radius 3 is 2.83 bits per heavy atom. The smallest absolute Gasteiger partial charge is 0.267 e. The number of para-hydroxylation sites is 1. The van der Waals surface area contributed by atoms with Crippen LogP contribution in [0.15, 0.2) is 30.3 Å². The van der Waals surface area contributed by atoms with Crippen LogP contribution in [0.5, 0.6) is 5.75 Å². The van der Waals surface area contributed by atoms with Crippen molar-refractivity contribution < 1.29 is 19.5 Å². The van der Waals surface area contributed by atoms with Gasteiger partial charge in [-0.25, -0.2) is 5.48 Å². The molecule has 1 aliphatic heterocycles. The normalized spacial score (nSPS) is 18.0. The van der Waals surface area contributed by atoms with Crippen LogP contribution in [0.2, 0.25) is 0 Å². The Morgan fingerprint density at radius 2 is 2.12 bits per heavy atom. The standard InChI is InChI=1S/C18H24N2O4/c1-13(2)18(22)20-11-5-7-15(12-20)24-16-8-4-3-6-14(16)9-10-17(21)19-23/h3-4,6,8-10,13,15,23H,5,7,11-12H2,1-2H3,(H,19,21). The topological polar surface area (TPSA) is 78.9 Å². The first-order valence-corrected chi connectivity index (χ1v) is 8.18. The van der Waals surface area contributed by atoms with Gasteiger partial charge in [0.1, 0.15) is 11.9 Å². The summed E-state index contributed by atoms with van der Waals surface area (Å²) in [6.07, 6.45) is 4.55. The van der Waals surface area contributed by atoms with Crippen molar-refractivity contribution in [2.45, 2.75) is 32.8 Å². The van der Waals surface area contributed by atoms with Gasteiger partial charge in [-0.2, -0.15) is 0 Å². The fourth-order valence-electron chi connectivity index (χ4n) is 2.71. The molecular formula is C18H24N2O4. The van der Waals surface area contributed by atoms with E-state index >= 15 is 0 Å². The van der Waals surface area contributed by atoms with Crippen molar-refractivity contribution in [2.75, 3.05) is 13.1 Å². The number of carbonyl (C=O) groups excluding carboxylic acids is 2. The second-order valence-corrected chi connectivity index (χ2v) is 6.17. The van der Waals surface area contributed by atoms with Crippen molar-refractivity contribution in [3.63, 3.8) is 0 Å². The number of hydrogen-bond acceptors (Lipinski definition) is 4. The fourth-order valence-corrected chi connectivity index (χ4v) is 2.71. The Bertz CT molecular complexity index is 613. The number of ether oxygens (including phenoxy) is 1. The molecule has 0 spiro atoms. The zero-order valence-corrected chi connectivity index (χ0v) is 14.1. The molecule has 24 heavy (non-hydrogen) atoms. The maximum absolute atomic E-state index is 12.2. The summed E-state index contributed by atoms with van der Waals surface area (Å²) in [5, 5.41) is 8.55. The van der Waals surface area contributed by atoms with Crippen LogP contribution in [0.1, 0.15) is 32.3 Å². The second-order valence-electron chi connectivity index (χ2n) is 6.17. The van der Waals surface area contributed by atoms with Gasteiger partial charge in [-0.3, -0.25) is 14.8 Å². The van der Waals surface area contributed by atoms with Gasteiger partial charge in [0, 0.05) is 24.1 Å². The highest BCUT2D eigenvalue weighted by Gasteiger charge is 2.26. The van der Waals surface area contributed by atoms with Gasteiger partial charge in [0.05, 0.1) is 6.54 Å². The van der Waals surface area contributed by atoms with E-state index < -0.39 is 5.91 Å². The lowest BCUT2D eigenvalue weighted by atomic mass is 10.1. The third-order valence-electron chi connectivity index (χ3n) is 3.92. The average Bonchev–Trinajstić information content (AvgIpc) is 2.60. The summed E-state index contributed by atoms with van der Waals surface area (Å²) in [6, 6.07) is 7.37. The van der Waals surface area contributed by atoms with Crippen molar-refractivity contribution in [1.29, 1.82) is 0 Å². The third-order valence-corrected chi connectivity index (χ3v) is 3.92. The molecule has 1 aliphatic rings. The van der Waals surface area contributed by atoms with Crippen LogP contribution in [-0.2, 0) is 9.59 Å². The number of amides is 2. The van der Waals surface area contributed by atoms with Gasteiger partial charge < -0.3 is 9.64 Å². The fraction of sp³-hybridized carbons (Fsp3) is 0.444. The van der Waals surface area contributed by atoms with Gasteiger partial charge >= 0.3 is 0 Å².